The van der Waals surface area contributed by atoms with Gasteiger partial charge >= 0.3 is 24.6 Å². The Morgan fingerprint density at radius 3 is 2.46 bits per heavy atom. The molecule has 0 bridgehead atoms. The second kappa shape index (κ2) is 8.97. The van der Waals surface area contributed by atoms with Crippen LogP contribution in [0.4, 0.5) is 34.3 Å². The van der Waals surface area contributed by atoms with E-state index in [1.54, 1.807) is 0 Å². The van der Waals surface area contributed by atoms with Gasteiger partial charge in [-0.15, -0.1) is 13.2 Å². The second-order valence-corrected chi connectivity index (χ2v) is 5.47. The second-order valence-electron chi connectivity index (χ2n) is 5.47. The Morgan fingerprint density at radius 2 is 1.89 bits per heavy atom. The van der Waals surface area contributed by atoms with Gasteiger partial charge in [-0.3, -0.25) is 9.88 Å². The third-order valence-corrected chi connectivity index (χ3v) is 3.26. The van der Waals surface area contributed by atoms with Crippen LogP contribution in [0.1, 0.15) is 19.8 Å². The number of urea groups is 1. The maximum Gasteiger partial charge on any atom is 0.573 e. The highest BCUT2D eigenvalue weighted by Crippen LogP contribution is 2.24. The summed E-state index contributed by atoms with van der Waals surface area (Å²) in [6.07, 6.45) is -3.35. The molecule has 152 valence electrons. The van der Waals surface area contributed by atoms with E-state index in [0.29, 0.717) is 6.54 Å². The zero-order valence-corrected chi connectivity index (χ0v) is 14.6. The van der Waals surface area contributed by atoms with Gasteiger partial charge in [0.15, 0.2) is 5.82 Å². The van der Waals surface area contributed by atoms with Crippen LogP contribution in [0.25, 0.3) is 0 Å². The van der Waals surface area contributed by atoms with E-state index in [1.807, 2.05) is 6.92 Å². The summed E-state index contributed by atoms with van der Waals surface area (Å²) < 4.78 is 46.1. The number of rotatable bonds is 7. The predicted molar refractivity (Wildman–Crippen MR) is 91.6 cm³/mol. The number of halogens is 3. The normalized spacial score (nSPS) is 11.0. The van der Waals surface area contributed by atoms with Crippen molar-refractivity contribution in [3.63, 3.8) is 0 Å². The number of aromatic nitrogens is 2. The maximum atomic E-state index is 12.1. The van der Waals surface area contributed by atoms with Crippen LogP contribution in [-0.4, -0.2) is 33.2 Å². The zero-order chi connectivity index (χ0) is 20.7. The Bertz CT molecular complexity index is 821. The number of amides is 2. The minimum absolute atomic E-state index is 0.0434. The number of nitrogens with zero attached hydrogens (tertiary/aromatic N) is 2. The van der Waals surface area contributed by atoms with Crippen molar-refractivity contribution < 1.29 is 37.3 Å². The van der Waals surface area contributed by atoms with Crippen molar-refractivity contribution in [2.75, 3.05) is 10.6 Å². The molecule has 0 spiro atoms. The molecule has 12 heteroatoms. The van der Waals surface area contributed by atoms with Gasteiger partial charge < -0.3 is 19.9 Å². The molecule has 0 saturated carbocycles. The van der Waals surface area contributed by atoms with E-state index in [0.717, 1.165) is 25.0 Å². The molecule has 0 saturated heterocycles. The fourth-order valence-corrected chi connectivity index (χ4v) is 2.13. The molecule has 2 aromatic rings. The quantitative estimate of drug-likeness (QED) is 0.596. The van der Waals surface area contributed by atoms with E-state index >= 15 is 0 Å². The largest absolute Gasteiger partial charge is 0.573 e. The predicted octanol–water partition coefficient (Wildman–Crippen LogP) is 4.28. The maximum absolute atomic E-state index is 12.1. The van der Waals surface area contributed by atoms with Gasteiger partial charge in [0.05, 0.1) is 6.20 Å². The summed E-state index contributed by atoms with van der Waals surface area (Å²) in [4.78, 5) is 26.6. The number of imidazole rings is 1. The molecule has 0 unspecified atom stereocenters. The van der Waals surface area contributed by atoms with Gasteiger partial charge in [-0.1, -0.05) is 13.3 Å². The van der Waals surface area contributed by atoms with Gasteiger partial charge in [-0.2, -0.15) is 4.98 Å². The number of hydrogen-bond acceptors (Lipinski definition) is 5. The minimum atomic E-state index is -4.81. The van der Waals surface area contributed by atoms with E-state index < -0.39 is 24.3 Å². The highest BCUT2D eigenvalue weighted by Gasteiger charge is 2.31. The van der Waals surface area contributed by atoms with Crippen molar-refractivity contribution >= 4 is 23.7 Å². The Hall–Kier alpha value is -3.44. The first-order valence-corrected chi connectivity index (χ1v) is 8.08. The first-order valence-electron chi connectivity index (χ1n) is 8.08. The van der Waals surface area contributed by atoms with Crippen LogP contribution in [0.5, 0.6) is 11.8 Å². The number of nitrogens with one attached hydrogen (secondary N) is 2. The smallest absolute Gasteiger partial charge is 0.449 e. The van der Waals surface area contributed by atoms with Gasteiger partial charge in [0.25, 0.3) is 0 Å². The highest BCUT2D eigenvalue weighted by atomic mass is 19.4. The first kappa shape index (κ1) is 20.9. The van der Waals surface area contributed by atoms with Crippen LogP contribution in [-0.2, 0) is 6.54 Å². The van der Waals surface area contributed by atoms with Crippen LogP contribution in [0.3, 0.4) is 0 Å². The van der Waals surface area contributed by atoms with Crippen molar-refractivity contribution in [3.05, 3.63) is 30.5 Å². The van der Waals surface area contributed by atoms with Crippen LogP contribution >= 0.6 is 0 Å². The van der Waals surface area contributed by atoms with E-state index in [4.69, 9.17) is 5.11 Å². The lowest BCUT2D eigenvalue weighted by Gasteiger charge is -2.10. The molecule has 0 atom stereocenters. The van der Waals surface area contributed by atoms with Crippen molar-refractivity contribution in [2.45, 2.75) is 32.7 Å². The number of benzene rings is 1. The number of carboxylic acid groups (broad SMARTS) is 1. The molecule has 0 aliphatic heterocycles. The molecule has 0 aliphatic carbocycles. The first-order chi connectivity index (χ1) is 13.2. The molecule has 28 heavy (non-hydrogen) atoms. The van der Waals surface area contributed by atoms with Crippen LogP contribution in [0.2, 0.25) is 0 Å². The lowest BCUT2D eigenvalue weighted by atomic mass is 10.3. The van der Waals surface area contributed by atoms with E-state index in [2.05, 4.69) is 25.1 Å². The summed E-state index contributed by atoms with van der Waals surface area (Å²) in [5, 5.41) is 13.5. The molecule has 2 amide bonds. The Kier molecular flexibility index (Phi) is 6.69. The molecule has 0 aliphatic rings. The average molecular weight is 402 g/mol. The highest BCUT2D eigenvalue weighted by molar-refractivity contribution is 5.99. The standard InChI is InChI=1S/C16H17F3N4O5/c1-2-3-8-23-9-12(22-14(23)27-15(25)26)21-13(24)20-10-4-6-11(7-5-10)28-16(17,18)19/h4-7,9H,2-3,8H2,1H3,(H,25,26)(H2,20,21,24). The number of carbonyl (C=O) groups excluding carboxylic acids is 1. The number of anilines is 2. The third-order valence-electron chi connectivity index (χ3n) is 3.26. The Morgan fingerprint density at radius 1 is 1.21 bits per heavy atom. The minimum Gasteiger partial charge on any atom is -0.449 e. The Balaban J connectivity index is 2.00. The van der Waals surface area contributed by atoms with Gasteiger partial charge in [0.1, 0.15) is 5.75 Å². The third kappa shape index (κ3) is 6.70. The van der Waals surface area contributed by atoms with Gasteiger partial charge in [-0.25, -0.2) is 9.59 Å². The lowest BCUT2D eigenvalue weighted by molar-refractivity contribution is -0.274. The lowest BCUT2D eigenvalue weighted by Crippen LogP contribution is -2.20. The van der Waals surface area contributed by atoms with Crippen molar-refractivity contribution in [1.82, 2.24) is 9.55 Å². The Labute approximate surface area is 157 Å². The number of ether oxygens (including phenoxy) is 2. The molecular formula is C16H17F3N4O5. The molecular weight excluding hydrogens is 385 g/mol. The molecule has 9 nitrogen and oxygen atoms in total. The van der Waals surface area contributed by atoms with Crippen LogP contribution in [0, 0.1) is 0 Å². The fraction of sp³-hybridized carbons (Fsp3) is 0.312. The number of unbranched alkanes of at least 4 members (excludes halogenated alkanes) is 1. The number of alkyl halides is 3. The SMILES string of the molecule is CCCCn1cc(NC(=O)Nc2ccc(OC(F)(F)F)cc2)nc1OC(=O)O. The topological polar surface area (TPSA) is 115 Å². The summed E-state index contributed by atoms with van der Waals surface area (Å²) in [7, 11) is 0. The molecule has 1 heterocycles. The summed E-state index contributed by atoms with van der Waals surface area (Å²) in [5.41, 5.74) is 0.208. The van der Waals surface area contributed by atoms with Gasteiger partial charge in [0, 0.05) is 12.2 Å². The summed E-state index contributed by atoms with van der Waals surface area (Å²) in [5.74, 6) is -0.384. The zero-order valence-electron chi connectivity index (χ0n) is 14.6. The molecule has 1 aromatic carbocycles. The summed E-state index contributed by atoms with van der Waals surface area (Å²) >= 11 is 0. The molecule has 0 radical (unpaired) electrons. The number of carbonyl (C=O) groups is 2. The van der Waals surface area contributed by atoms with Gasteiger partial charge in [-0.05, 0) is 30.7 Å². The summed E-state index contributed by atoms with van der Waals surface area (Å²) in [6.45, 7) is 2.39. The molecule has 2 rings (SSSR count). The van der Waals surface area contributed by atoms with Crippen molar-refractivity contribution in [3.8, 4) is 11.8 Å². The molecule has 1 aromatic heterocycles. The number of hydrogen-bond donors (Lipinski definition) is 3. The van der Waals surface area contributed by atoms with Crippen molar-refractivity contribution in [2.24, 2.45) is 0 Å². The summed E-state index contributed by atoms with van der Waals surface area (Å²) in [6, 6.07) is 3.61. The van der Waals surface area contributed by atoms with E-state index in [-0.39, 0.29) is 17.5 Å². The van der Waals surface area contributed by atoms with Crippen LogP contribution in [0.15, 0.2) is 30.5 Å². The van der Waals surface area contributed by atoms with Gasteiger partial charge in [0.2, 0.25) is 0 Å². The fourth-order valence-electron chi connectivity index (χ4n) is 2.13. The van der Waals surface area contributed by atoms with E-state index in [1.165, 1.54) is 22.9 Å². The molecule has 3 N–H and O–H groups in total. The van der Waals surface area contributed by atoms with Crippen LogP contribution < -0.4 is 20.1 Å². The average Bonchev–Trinajstić information content (AvgIpc) is 2.93. The van der Waals surface area contributed by atoms with Crippen molar-refractivity contribution in [1.29, 1.82) is 0 Å². The monoisotopic (exact) mass is 402 g/mol. The number of aryl methyl sites for hydroxylation is 1. The van der Waals surface area contributed by atoms with E-state index in [9.17, 15) is 22.8 Å². The molecule has 0 fully saturated rings.